The Bertz CT molecular complexity index is 876. The van der Waals surface area contributed by atoms with Crippen LogP contribution in [-0.2, 0) is 0 Å². The second-order valence-corrected chi connectivity index (χ2v) is 5.47. The molecule has 6 nitrogen and oxygen atoms in total. The smallest absolute Gasteiger partial charge is 0.333 e. The Hall–Kier alpha value is -3.06. The van der Waals surface area contributed by atoms with Crippen molar-refractivity contribution in [3.63, 3.8) is 0 Å². The second kappa shape index (κ2) is 6.37. The van der Waals surface area contributed by atoms with E-state index >= 15 is 0 Å². The Morgan fingerprint density at radius 1 is 1.22 bits per heavy atom. The first kappa shape index (κ1) is 14.9. The van der Waals surface area contributed by atoms with Gasteiger partial charge in [0.25, 0.3) is 5.69 Å². The van der Waals surface area contributed by atoms with Gasteiger partial charge in [-0.1, -0.05) is 6.07 Å². The molecule has 0 saturated carbocycles. The van der Waals surface area contributed by atoms with Crippen molar-refractivity contribution in [1.82, 2.24) is 4.98 Å². The number of thiophene rings is 1. The minimum absolute atomic E-state index is 0.0801. The normalized spacial score (nSPS) is 11.0. The molecule has 0 aliphatic heterocycles. The van der Waals surface area contributed by atoms with Crippen molar-refractivity contribution >= 4 is 29.2 Å². The first-order valence-electron chi connectivity index (χ1n) is 6.69. The molecule has 7 heteroatoms. The molecule has 0 N–H and O–H groups in total. The zero-order valence-electron chi connectivity index (χ0n) is 11.8. The number of hydrogen-bond donors (Lipinski definition) is 0. The fourth-order valence-corrected chi connectivity index (χ4v) is 2.68. The van der Waals surface area contributed by atoms with E-state index in [1.165, 1.54) is 24.4 Å². The number of nitro benzene ring substituents is 1. The van der Waals surface area contributed by atoms with E-state index < -0.39 is 4.92 Å². The minimum Gasteiger partial charge on any atom is -0.710 e. The van der Waals surface area contributed by atoms with Gasteiger partial charge in [-0.05, 0) is 45.6 Å². The van der Waals surface area contributed by atoms with Crippen molar-refractivity contribution in [2.24, 2.45) is 0 Å². The maximum Gasteiger partial charge on any atom is 0.333 e. The summed E-state index contributed by atoms with van der Waals surface area (Å²) >= 11 is 1.57. The lowest BCUT2D eigenvalue weighted by atomic mass is 10.2. The lowest BCUT2D eigenvalue weighted by molar-refractivity contribution is -0.598. The number of nitro groups is 1. The van der Waals surface area contributed by atoms with E-state index in [0.29, 0.717) is 16.0 Å². The highest BCUT2D eigenvalue weighted by Gasteiger charge is 2.16. The zero-order chi connectivity index (χ0) is 16.2. The van der Waals surface area contributed by atoms with Gasteiger partial charge in [-0.15, -0.1) is 0 Å². The highest BCUT2D eigenvalue weighted by molar-refractivity contribution is 7.08. The monoisotopic (exact) mass is 325 g/mol. The molecule has 0 aliphatic carbocycles. The van der Waals surface area contributed by atoms with Gasteiger partial charge >= 0.3 is 5.82 Å². The lowest BCUT2D eigenvalue weighted by Crippen LogP contribution is -2.33. The molecule has 0 spiro atoms. The Balaban J connectivity index is 2.00. The maximum absolute atomic E-state index is 12.4. The number of nitrogens with zero attached hydrogens (tertiary/aromatic N) is 3. The summed E-state index contributed by atoms with van der Waals surface area (Å²) in [6, 6.07) is 9.40. The fraction of sp³-hybridized carbons (Fsp3) is 0. The van der Waals surface area contributed by atoms with E-state index in [1.54, 1.807) is 29.5 Å². The molecule has 114 valence electrons. The van der Waals surface area contributed by atoms with Crippen LogP contribution in [0.15, 0.2) is 53.4 Å². The van der Waals surface area contributed by atoms with Gasteiger partial charge in [0.1, 0.15) is 11.9 Å². The lowest BCUT2D eigenvalue weighted by Gasteiger charge is -2.08. The summed E-state index contributed by atoms with van der Waals surface area (Å²) in [5.74, 6) is 0.126. The summed E-state index contributed by atoms with van der Waals surface area (Å²) in [7, 11) is 0. The standard InChI is InChI=1S/C16H11N3O3S/c20-18-14(5-4-12-7-9-23-11-12)6-8-17-16(18)13-2-1-3-15(10-13)19(21)22/h1-11H/b5-4+. The third-order valence-corrected chi connectivity index (χ3v) is 3.88. The second-order valence-electron chi connectivity index (χ2n) is 4.69. The fourth-order valence-electron chi connectivity index (χ4n) is 2.05. The topological polar surface area (TPSA) is 83.0 Å². The van der Waals surface area contributed by atoms with Crippen LogP contribution in [0, 0.1) is 15.3 Å². The molecule has 3 aromatic rings. The summed E-state index contributed by atoms with van der Waals surface area (Å²) in [4.78, 5) is 14.4. The summed E-state index contributed by atoms with van der Waals surface area (Å²) in [6.45, 7) is 0. The summed E-state index contributed by atoms with van der Waals surface area (Å²) < 4.78 is 0.669. The molecular formula is C16H11N3O3S. The van der Waals surface area contributed by atoms with Crippen LogP contribution in [0.3, 0.4) is 0 Å². The predicted octanol–water partition coefficient (Wildman–Crippen LogP) is 3.52. The molecule has 0 bridgehead atoms. The van der Waals surface area contributed by atoms with Gasteiger partial charge in [-0.3, -0.25) is 10.1 Å². The number of aromatic nitrogens is 2. The van der Waals surface area contributed by atoms with E-state index in [-0.39, 0.29) is 11.5 Å². The van der Waals surface area contributed by atoms with E-state index in [2.05, 4.69) is 4.98 Å². The molecule has 0 fully saturated rings. The van der Waals surface area contributed by atoms with Crippen LogP contribution in [0.4, 0.5) is 5.69 Å². The Morgan fingerprint density at radius 3 is 2.83 bits per heavy atom. The molecule has 23 heavy (non-hydrogen) atoms. The van der Waals surface area contributed by atoms with Crippen molar-refractivity contribution in [3.05, 3.63) is 79.9 Å². The molecule has 0 atom stereocenters. The molecule has 0 radical (unpaired) electrons. The minimum atomic E-state index is -0.501. The number of non-ortho nitro benzene ring substituents is 1. The van der Waals surface area contributed by atoms with E-state index in [1.807, 2.05) is 22.9 Å². The third-order valence-electron chi connectivity index (χ3n) is 3.17. The van der Waals surface area contributed by atoms with E-state index in [0.717, 1.165) is 5.56 Å². The highest BCUT2D eigenvalue weighted by atomic mass is 32.1. The van der Waals surface area contributed by atoms with Crippen LogP contribution in [0.1, 0.15) is 11.3 Å². The van der Waals surface area contributed by atoms with Gasteiger partial charge in [-0.25, -0.2) is 4.73 Å². The molecule has 1 aromatic carbocycles. The number of benzene rings is 1. The molecule has 0 amide bonds. The maximum atomic E-state index is 12.4. The van der Waals surface area contributed by atoms with Crippen molar-refractivity contribution in [2.45, 2.75) is 0 Å². The first-order chi connectivity index (χ1) is 11.1. The zero-order valence-corrected chi connectivity index (χ0v) is 12.6. The molecule has 0 unspecified atom stereocenters. The third kappa shape index (κ3) is 3.24. The van der Waals surface area contributed by atoms with E-state index in [9.17, 15) is 15.3 Å². The summed E-state index contributed by atoms with van der Waals surface area (Å²) in [5.41, 5.74) is 1.74. The van der Waals surface area contributed by atoms with Crippen LogP contribution in [0.2, 0.25) is 0 Å². The van der Waals surface area contributed by atoms with Gasteiger partial charge in [0.05, 0.1) is 10.5 Å². The number of hydrogen-bond acceptors (Lipinski definition) is 5. The highest BCUT2D eigenvalue weighted by Crippen LogP contribution is 2.20. The van der Waals surface area contributed by atoms with Gasteiger partial charge in [0, 0.05) is 18.2 Å². The van der Waals surface area contributed by atoms with Crippen LogP contribution in [0.25, 0.3) is 23.5 Å². The van der Waals surface area contributed by atoms with Crippen LogP contribution in [0.5, 0.6) is 0 Å². The van der Waals surface area contributed by atoms with Gasteiger partial charge in [0.2, 0.25) is 0 Å². The molecular weight excluding hydrogens is 314 g/mol. The van der Waals surface area contributed by atoms with Crippen molar-refractivity contribution in [1.29, 1.82) is 0 Å². The predicted molar refractivity (Wildman–Crippen MR) is 88.5 cm³/mol. The average molecular weight is 325 g/mol. The molecule has 2 heterocycles. The van der Waals surface area contributed by atoms with Gasteiger partial charge in [0.15, 0.2) is 0 Å². The number of rotatable bonds is 4. The first-order valence-corrected chi connectivity index (χ1v) is 7.63. The van der Waals surface area contributed by atoms with E-state index in [4.69, 9.17) is 0 Å². The van der Waals surface area contributed by atoms with Crippen molar-refractivity contribution in [2.75, 3.05) is 0 Å². The molecule has 0 aliphatic rings. The molecule has 2 aromatic heterocycles. The van der Waals surface area contributed by atoms with Crippen molar-refractivity contribution in [3.8, 4) is 11.4 Å². The molecule has 0 saturated heterocycles. The van der Waals surface area contributed by atoms with Gasteiger partial charge in [-0.2, -0.15) is 11.3 Å². The van der Waals surface area contributed by atoms with Crippen LogP contribution in [-0.4, -0.2) is 9.91 Å². The van der Waals surface area contributed by atoms with Gasteiger partial charge < -0.3 is 5.21 Å². The largest absolute Gasteiger partial charge is 0.710 e. The van der Waals surface area contributed by atoms with Crippen LogP contribution >= 0.6 is 11.3 Å². The quantitative estimate of drug-likeness (QED) is 0.318. The van der Waals surface area contributed by atoms with Crippen LogP contribution < -0.4 is 4.73 Å². The average Bonchev–Trinajstić information content (AvgIpc) is 3.07. The molecule has 3 rings (SSSR count). The Labute approximate surface area is 135 Å². The van der Waals surface area contributed by atoms with Crippen molar-refractivity contribution < 1.29 is 9.65 Å². The summed E-state index contributed by atoms with van der Waals surface area (Å²) in [5, 5.41) is 27.2. The Kier molecular flexibility index (Phi) is 4.11. The summed E-state index contributed by atoms with van der Waals surface area (Å²) in [6.07, 6.45) is 5.03. The Morgan fingerprint density at radius 2 is 2.09 bits per heavy atom. The SMILES string of the molecule is O=[N+]([O-])c1cccc(-c2nccc(/C=C/c3ccsc3)[n+]2[O-])c1.